The van der Waals surface area contributed by atoms with E-state index in [1.807, 2.05) is 30.3 Å². The van der Waals surface area contributed by atoms with Gasteiger partial charge in [0.15, 0.2) is 10.9 Å². The van der Waals surface area contributed by atoms with Gasteiger partial charge in [0, 0.05) is 16.8 Å². The van der Waals surface area contributed by atoms with E-state index in [1.54, 1.807) is 18.2 Å². The maximum Gasteiger partial charge on any atom is 0.269 e. The fraction of sp³-hybridized carbons (Fsp3) is 0. The number of benzene rings is 3. The second-order valence-electron chi connectivity index (χ2n) is 6.15. The summed E-state index contributed by atoms with van der Waals surface area (Å²) < 4.78 is 18.4. The SMILES string of the molecule is O=C(NNC(=S)Nc1ccc(F)cc1)c1ccc2noc(-c3ccccc3)c2c1. The Hall–Kier alpha value is -3.78. The van der Waals surface area contributed by atoms with Crippen molar-refractivity contribution in [2.24, 2.45) is 0 Å². The Morgan fingerprint density at radius 3 is 2.48 bits per heavy atom. The number of carbonyl (C=O) groups is 1. The van der Waals surface area contributed by atoms with Crippen molar-refractivity contribution in [1.29, 1.82) is 0 Å². The summed E-state index contributed by atoms with van der Waals surface area (Å²) in [6.07, 6.45) is 0. The molecule has 6 nitrogen and oxygen atoms in total. The van der Waals surface area contributed by atoms with Gasteiger partial charge in [-0.05, 0) is 54.7 Å². The van der Waals surface area contributed by atoms with E-state index < -0.39 is 0 Å². The highest BCUT2D eigenvalue weighted by Gasteiger charge is 2.14. The van der Waals surface area contributed by atoms with Gasteiger partial charge >= 0.3 is 0 Å². The molecule has 144 valence electrons. The second-order valence-corrected chi connectivity index (χ2v) is 6.56. The van der Waals surface area contributed by atoms with Gasteiger partial charge in [-0.1, -0.05) is 35.5 Å². The molecule has 3 N–H and O–H groups in total. The predicted molar refractivity (Wildman–Crippen MR) is 113 cm³/mol. The standard InChI is InChI=1S/C21H15FN4O2S/c22-15-7-9-16(10-8-15)23-21(29)25-24-20(27)14-6-11-18-17(12-14)19(28-26-18)13-4-2-1-3-5-13/h1-12H,(H,24,27)(H2,23,25,29). The molecule has 1 aromatic heterocycles. The molecule has 4 aromatic rings. The van der Waals surface area contributed by atoms with Gasteiger partial charge in [0.1, 0.15) is 11.3 Å². The van der Waals surface area contributed by atoms with Crippen molar-refractivity contribution >= 4 is 39.8 Å². The third-order valence-electron chi connectivity index (χ3n) is 4.17. The Kier molecular flexibility index (Phi) is 5.17. The first-order valence-electron chi connectivity index (χ1n) is 8.68. The largest absolute Gasteiger partial charge is 0.355 e. The molecule has 0 saturated heterocycles. The van der Waals surface area contributed by atoms with Crippen LogP contribution in [-0.4, -0.2) is 16.2 Å². The van der Waals surface area contributed by atoms with Gasteiger partial charge < -0.3 is 9.84 Å². The number of anilines is 1. The average molecular weight is 406 g/mol. The number of amides is 1. The van der Waals surface area contributed by atoms with Crippen LogP contribution in [0.5, 0.6) is 0 Å². The third-order valence-corrected chi connectivity index (χ3v) is 4.37. The number of hydrogen-bond donors (Lipinski definition) is 3. The van der Waals surface area contributed by atoms with Crippen molar-refractivity contribution in [3.8, 4) is 11.3 Å². The van der Waals surface area contributed by atoms with Crippen LogP contribution in [-0.2, 0) is 0 Å². The summed E-state index contributed by atoms with van der Waals surface area (Å²) in [5.74, 6) is -0.131. The van der Waals surface area contributed by atoms with E-state index in [0.29, 0.717) is 22.5 Å². The predicted octanol–water partition coefficient (Wildman–Crippen LogP) is 4.27. The Morgan fingerprint density at radius 2 is 1.72 bits per heavy atom. The third kappa shape index (κ3) is 4.22. The second kappa shape index (κ2) is 8.07. The summed E-state index contributed by atoms with van der Waals surface area (Å²) in [6, 6.07) is 20.3. The summed E-state index contributed by atoms with van der Waals surface area (Å²) in [6.45, 7) is 0. The van der Waals surface area contributed by atoms with Crippen LogP contribution >= 0.6 is 12.2 Å². The number of hydrazine groups is 1. The van der Waals surface area contributed by atoms with Crippen molar-refractivity contribution in [2.45, 2.75) is 0 Å². The number of aromatic nitrogens is 1. The highest BCUT2D eigenvalue weighted by Crippen LogP contribution is 2.29. The van der Waals surface area contributed by atoms with Crippen molar-refractivity contribution in [1.82, 2.24) is 16.0 Å². The van der Waals surface area contributed by atoms with Gasteiger partial charge in [0.25, 0.3) is 5.91 Å². The Balaban J connectivity index is 1.46. The molecule has 8 heteroatoms. The van der Waals surface area contributed by atoms with E-state index in [-0.39, 0.29) is 16.8 Å². The van der Waals surface area contributed by atoms with Crippen LogP contribution in [0.1, 0.15) is 10.4 Å². The molecule has 0 fully saturated rings. The number of fused-ring (bicyclic) bond motifs is 1. The van der Waals surface area contributed by atoms with Crippen molar-refractivity contribution in [3.05, 3.63) is 84.2 Å². The number of carbonyl (C=O) groups excluding carboxylic acids is 1. The summed E-state index contributed by atoms with van der Waals surface area (Å²) in [5.41, 5.74) is 7.68. The molecule has 0 saturated carbocycles. The van der Waals surface area contributed by atoms with E-state index in [2.05, 4.69) is 21.3 Å². The molecule has 1 heterocycles. The van der Waals surface area contributed by atoms with E-state index in [0.717, 1.165) is 10.9 Å². The first-order chi connectivity index (χ1) is 14.1. The van der Waals surface area contributed by atoms with E-state index in [1.165, 1.54) is 24.3 Å². The molecule has 29 heavy (non-hydrogen) atoms. The lowest BCUT2D eigenvalue weighted by Gasteiger charge is -2.11. The molecular weight excluding hydrogens is 391 g/mol. The number of halogens is 1. The van der Waals surface area contributed by atoms with E-state index in [9.17, 15) is 9.18 Å². The quantitative estimate of drug-likeness (QED) is 0.348. The summed E-state index contributed by atoms with van der Waals surface area (Å²) in [5, 5.41) is 7.79. The highest BCUT2D eigenvalue weighted by atomic mass is 32.1. The van der Waals surface area contributed by atoms with Gasteiger partial charge in [-0.2, -0.15) is 0 Å². The van der Waals surface area contributed by atoms with Crippen LogP contribution in [0.4, 0.5) is 10.1 Å². The lowest BCUT2D eigenvalue weighted by Crippen LogP contribution is -2.43. The molecule has 0 unspecified atom stereocenters. The normalized spacial score (nSPS) is 10.5. The molecule has 0 aliphatic heterocycles. The molecule has 0 radical (unpaired) electrons. The minimum Gasteiger partial charge on any atom is -0.355 e. The molecule has 4 rings (SSSR count). The monoisotopic (exact) mass is 406 g/mol. The Labute approximate surface area is 170 Å². The lowest BCUT2D eigenvalue weighted by atomic mass is 10.1. The number of nitrogens with zero attached hydrogens (tertiary/aromatic N) is 1. The summed E-state index contributed by atoms with van der Waals surface area (Å²) >= 11 is 5.13. The average Bonchev–Trinajstić information content (AvgIpc) is 3.17. The number of rotatable bonds is 3. The van der Waals surface area contributed by atoms with E-state index in [4.69, 9.17) is 16.7 Å². The van der Waals surface area contributed by atoms with Crippen LogP contribution in [0.25, 0.3) is 22.2 Å². The van der Waals surface area contributed by atoms with Crippen molar-refractivity contribution in [2.75, 3.05) is 5.32 Å². The van der Waals surface area contributed by atoms with Crippen LogP contribution in [0.15, 0.2) is 77.3 Å². The van der Waals surface area contributed by atoms with Crippen molar-refractivity contribution in [3.63, 3.8) is 0 Å². The van der Waals surface area contributed by atoms with Crippen LogP contribution in [0.3, 0.4) is 0 Å². The van der Waals surface area contributed by atoms with Gasteiger partial charge in [-0.15, -0.1) is 0 Å². The van der Waals surface area contributed by atoms with Crippen molar-refractivity contribution < 1.29 is 13.7 Å². The minimum atomic E-state index is -0.379. The zero-order valence-electron chi connectivity index (χ0n) is 15.0. The number of nitrogens with one attached hydrogen (secondary N) is 3. The minimum absolute atomic E-state index is 0.168. The molecule has 1 amide bonds. The molecule has 0 spiro atoms. The Morgan fingerprint density at radius 1 is 0.966 bits per heavy atom. The molecule has 3 aromatic carbocycles. The summed E-state index contributed by atoms with van der Waals surface area (Å²) in [4.78, 5) is 12.5. The topological polar surface area (TPSA) is 79.2 Å². The highest BCUT2D eigenvalue weighted by molar-refractivity contribution is 7.80. The molecule has 0 aliphatic carbocycles. The fourth-order valence-corrected chi connectivity index (χ4v) is 2.93. The Bertz CT molecular complexity index is 1180. The van der Waals surface area contributed by atoms with Crippen LogP contribution < -0.4 is 16.2 Å². The first-order valence-corrected chi connectivity index (χ1v) is 9.09. The lowest BCUT2D eigenvalue weighted by molar-refractivity contribution is 0.0944. The summed E-state index contributed by atoms with van der Waals surface area (Å²) in [7, 11) is 0. The molecule has 0 atom stereocenters. The fourth-order valence-electron chi connectivity index (χ4n) is 2.76. The maximum absolute atomic E-state index is 12.9. The smallest absolute Gasteiger partial charge is 0.269 e. The maximum atomic E-state index is 12.9. The molecule has 0 bridgehead atoms. The van der Waals surface area contributed by atoms with Gasteiger partial charge in [0.2, 0.25) is 0 Å². The number of thiocarbonyl (C=S) groups is 1. The molecule has 0 aliphatic rings. The van der Waals surface area contributed by atoms with Gasteiger partial charge in [-0.25, -0.2) is 4.39 Å². The van der Waals surface area contributed by atoms with E-state index >= 15 is 0 Å². The van der Waals surface area contributed by atoms with Gasteiger partial charge in [-0.3, -0.25) is 15.6 Å². The number of hydrogen-bond acceptors (Lipinski definition) is 4. The zero-order chi connectivity index (χ0) is 20.2. The molecular formula is C21H15FN4O2S. The van der Waals surface area contributed by atoms with Gasteiger partial charge in [0.05, 0.1) is 5.39 Å². The first kappa shape index (κ1) is 18.6. The zero-order valence-corrected chi connectivity index (χ0v) is 15.8. The van der Waals surface area contributed by atoms with Crippen LogP contribution in [0, 0.1) is 5.82 Å². The van der Waals surface area contributed by atoms with Crippen LogP contribution in [0.2, 0.25) is 0 Å².